The molecule has 0 aliphatic carbocycles. The van der Waals surface area contributed by atoms with E-state index in [9.17, 15) is 0 Å². The van der Waals surface area contributed by atoms with Gasteiger partial charge in [0.05, 0.1) is 18.6 Å². The van der Waals surface area contributed by atoms with E-state index in [-0.39, 0.29) is 0 Å². The van der Waals surface area contributed by atoms with Crippen LogP contribution >= 0.6 is 0 Å². The van der Waals surface area contributed by atoms with Crippen LogP contribution in [0.3, 0.4) is 0 Å². The average molecular weight is 369 g/mol. The van der Waals surface area contributed by atoms with Gasteiger partial charge >= 0.3 is 0 Å². The molecule has 140 valence electrons. The number of nitrogens with zero attached hydrogens (tertiary/aromatic N) is 2. The molecule has 0 radical (unpaired) electrons. The Morgan fingerprint density at radius 3 is 1.64 bits per heavy atom. The molecule has 0 amide bonds. The number of imidazole rings is 1. The second kappa shape index (κ2) is 8.21. The van der Waals surface area contributed by atoms with E-state index in [1.54, 1.807) is 0 Å². The highest BCUT2D eigenvalue weighted by Crippen LogP contribution is 2.40. The molecule has 1 aromatic heterocycles. The van der Waals surface area contributed by atoms with Crippen molar-refractivity contribution in [2.45, 2.75) is 12.0 Å². The summed E-state index contributed by atoms with van der Waals surface area (Å²) < 4.78 is 2.19. The third-order valence-electron chi connectivity index (χ3n) is 5.07. The summed E-state index contributed by atoms with van der Waals surface area (Å²) >= 11 is 0. The van der Waals surface area contributed by atoms with Crippen LogP contribution in [0.25, 0.3) is 0 Å². The van der Waals surface area contributed by atoms with E-state index in [0.29, 0.717) is 13.0 Å². The zero-order valence-electron chi connectivity index (χ0n) is 15.6. The summed E-state index contributed by atoms with van der Waals surface area (Å²) in [5.74, 6) is 5.21. The lowest BCUT2D eigenvalue weighted by molar-refractivity contribution is 0.140. The first kappa shape index (κ1) is 18.2. The van der Waals surface area contributed by atoms with Crippen molar-refractivity contribution in [2.75, 3.05) is 6.61 Å². The minimum atomic E-state index is -0.529. The van der Waals surface area contributed by atoms with E-state index in [1.807, 2.05) is 24.5 Å². The van der Waals surface area contributed by atoms with Crippen LogP contribution in [0.4, 0.5) is 0 Å². The molecule has 4 aromatic rings. The van der Waals surface area contributed by atoms with E-state index >= 15 is 0 Å². The van der Waals surface area contributed by atoms with Crippen LogP contribution in [-0.2, 0) is 16.8 Å². The molecule has 2 N–H and O–H groups in total. The second-order valence-electron chi connectivity index (χ2n) is 6.70. The number of aromatic nitrogens is 2. The summed E-state index contributed by atoms with van der Waals surface area (Å²) in [6.45, 7) is 0.437. The normalized spacial score (nSPS) is 11.5. The van der Waals surface area contributed by atoms with Crippen LogP contribution in [-0.4, -0.2) is 16.2 Å². The van der Waals surface area contributed by atoms with Gasteiger partial charge in [0.15, 0.2) is 0 Å². The third kappa shape index (κ3) is 3.24. The van der Waals surface area contributed by atoms with Crippen molar-refractivity contribution in [3.63, 3.8) is 0 Å². The van der Waals surface area contributed by atoms with Gasteiger partial charge in [0.2, 0.25) is 0 Å². The fourth-order valence-electron chi connectivity index (χ4n) is 3.82. The topological polar surface area (TPSA) is 53.1 Å². The van der Waals surface area contributed by atoms with Crippen LogP contribution in [0, 0.1) is 0 Å². The number of rotatable bonds is 7. The van der Waals surface area contributed by atoms with Crippen molar-refractivity contribution in [2.24, 2.45) is 5.90 Å². The number of hydrogen-bond acceptors (Lipinski definition) is 3. The highest BCUT2D eigenvalue weighted by molar-refractivity contribution is 5.50. The summed E-state index contributed by atoms with van der Waals surface area (Å²) in [6.07, 6.45) is 4.66. The molecule has 0 fully saturated rings. The van der Waals surface area contributed by atoms with Crippen LogP contribution in [0.5, 0.6) is 0 Å². The highest BCUT2D eigenvalue weighted by Gasteiger charge is 2.38. The van der Waals surface area contributed by atoms with Crippen LogP contribution in [0.1, 0.15) is 22.4 Å². The molecule has 1 heterocycles. The maximum atomic E-state index is 5.21. The lowest BCUT2D eigenvalue weighted by Crippen LogP contribution is -2.36. The van der Waals surface area contributed by atoms with Gasteiger partial charge in [-0.05, 0) is 16.7 Å². The lowest BCUT2D eigenvalue weighted by atomic mass is 9.77. The fourth-order valence-corrected chi connectivity index (χ4v) is 3.82. The van der Waals surface area contributed by atoms with Crippen molar-refractivity contribution in [1.29, 1.82) is 0 Å². The molecule has 0 spiro atoms. The Morgan fingerprint density at radius 1 is 0.750 bits per heavy atom. The molecular formula is C24H23N3O. The molecule has 4 heteroatoms. The van der Waals surface area contributed by atoms with Crippen molar-refractivity contribution in [1.82, 2.24) is 9.55 Å². The van der Waals surface area contributed by atoms with Gasteiger partial charge in [-0.15, -0.1) is 0 Å². The first-order chi connectivity index (χ1) is 13.9. The highest BCUT2D eigenvalue weighted by atomic mass is 16.6. The molecule has 0 bridgehead atoms. The molecule has 0 saturated carbocycles. The molecular weight excluding hydrogens is 346 g/mol. The van der Waals surface area contributed by atoms with Gasteiger partial charge in [0, 0.05) is 12.6 Å². The molecule has 0 aliphatic rings. The van der Waals surface area contributed by atoms with Crippen molar-refractivity contribution < 1.29 is 4.84 Å². The van der Waals surface area contributed by atoms with Gasteiger partial charge in [-0.1, -0.05) is 91.0 Å². The van der Waals surface area contributed by atoms with E-state index in [0.717, 1.165) is 5.69 Å². The predicted octanol–water partition coefficient (Wildman–Crippen LogP) is 4.16. The van der Waals surface area contributed by atoms with Gasteiger partial charge in [-0.25, -0.2) is 10.9 Å². The monoisotopic (exact) mass is 369 g/mol. The summed E-state index contributed by atoms with van der Waals surface area (Å²) in [4.78, 5) is 9.37. The van der Waals surface area contributed by atoms with E-state index < -0.39 is 5.54 Å². The molecule has 0 unspecified atom stereocenters. The zero-order valence-corrected chi connectivity index (χ0v) is 15.6. The van der Waals surface area contributed by atoms with E-state index in [1.165, 1.54) is 16.7 Å². The summed E-state index contributed by atoms with van der Waals surface area (Å²) in [6, 6.07) is 31.6. The van der Waals surface area contributed by atoms with Gasteiger partial charge in [0.25, 0.3) is 0 Å². The Labute approximate surface area is 165 Å². The number of nitrogens with two attached hydrogens (primary N) is 1. The van der Waals surface area contributed by atoms with Gasteiger partial charge in [-0.2, -0.15) is 0 Å². The molecule has 4 rings (SSSR count). The van der Waals surface area contributed by atoms with Crippen LogP contribution < -0.4 is 5.90 Å². The number of hydrogen-bond donors (Lipinski definition) is 1. The summed E-state index contributed by atoms with van der Waals surface area (Å²) in [7, 11) is 0. The predicted molar refractivity (Wildman–Crippen MR) is 111 cm³/mol. The Morgan fingerprint density at radius 2 is 1.21 bits per heavy atom. The van der Waals surface area contributed by atoms with Crippen molar-refractivity contribution >= 4 is 0 Å². The van der Waals surface area contributed by atoms with Crippen LogP contribution in [0.2, 0.25) is 0 Å². The summed E-state index contributed by atoms with van der Waals surface area (Å²) in [5.41, 5.74) is 3.93. The second-order valence-corrected chi connectivity index (χ2v) is 6.70. The minimum absolute atomic E-state index is 0.437. The molecule has 4 nitrogen and oxygen atoms in total. The first-order valence-corrected chi connectivity index (χ1v) is 9.37. The van der Waals surface area contributed by atoms with Crippen LogP contribution in [0.15, 0.2) is 104 Å². The standard InChI is InChI=1S/C24H23N3O/c25-28-17-16-23-18-27(19-26-23)24(20-10-4-1-5-11-20,21-12-6-2-7-13-21)22-14-8-3-9-15-22/h1-15,18-19H,16-17,25H2. The Kier molecular flexibility index (Phi) is 5.33. The maximum Gasteiger partial charge on any atom is 0.121 e. The Hall–Kier alpha value is -3.21. The summed E-state index contributed by atoms with van der Waals surface area (Å²) in [5, 5.41) is 0. The molecule has 0 aliphatic heterocycles. The largest absolute Gasteiger partial charge is 0.319 e. The zero-order chi connectivity index (χ0) is 19.2. The first-order valence-electron chi connectivity index (χ1n) is 9.37. The maximum absolute atomic E-state index is 5.21. The third-order valence-corrected chi connectivity index (χ3v) is 5.07. The van der Waals surface area contributed by atoms with Crippen molar-refractivity contribution in [3.05, 3.63) is 126 Å². The van der Waals surface area contributed by atoms with E-state index in [2.05, 4.69) is 88.5 Å². The minimum Gasteiger partial charge on any atom is -0.319 e. The average Bonchev–Trinajstić information content (AvgIpc) is 3.24. The fraction of sp³-hybridized carbons (Fsp3) is 0.125. The van der Waals surface area contributed by atoms with Gasteiger partial charge < -0.3 is 9.40 Å². The smallest absolute Gasteiger partial charge is 0.121 e. The molecule has 0 saturated heterocycles. The quantitative estimate of drug-likeness (QED) is 0.393. The SMILES string of the molecule is NOCCc1cn(C(c2ccccc2)(c2ccccc2)c2ccccc2)cn1. The van der Waals surface area contributed by atoms with Gasteiger partial charge in [-0.3, -0.25) is 0 Å². The molecule has 3 aromatic carbocycles. The molecule has 0 atom stereocenters. The Bertz CT molecular complexity index is 901. The van der Waals surface area contributed by atoms with E-state index in [4.69, 9.17) is 10.7 Å². The lowest BCUT2D eigenvalue weighted by Gasteiger charge is -2.37. The Balaban J connectivity index is 2.00. The van der Waals surface area contributed by atoms with Crippen molar-refractivity contribution in [3.8, 4) is 0 Å². The molecule has 28 heavy (non-hydrogen) atoms. The number of benzene rings is 3. The van der Waals surface area contributed by atoms with Gasteiger partial charge in [0.1, 0.15) is 5.54 Å².